The van der Waals surface area contributed by atoms with Crippen molar-refractivity contribution < 1.29 is 14.3 Å². The lowest BCUT2D eigenvalue weighted by molar-refractivity contribution is -0.137. The highest BCUT2D eigenvalue weighted by molar-refractivity contribution is 7.98. The number of thioether (sulfide) groups is 1. The Bertz CT molecular complexity index is 1190. The van der Waals surface area contributed by atoms with Crippen LogP contribution in [0.4, 0.5) is 16.3 Å². The standard InChI is InChI=1S/C25H25ClN4O3S/c1-25(2)32-15-19(33-25)14-30-22-18(13-29(24(30)31)21-11-7-6-10-20(21)26)12-27-23(28-22)34-16-17-8-4-3-5-9-17/h3-12,19H,13-16H2,1-2H3/t19-/m1/s1. The van der Waals surface area contributed by atoms with E-state index < -0.39 is 5.79 Å². The number of aromatic nitrogens is 2. The molecule has 0 N–H and O–H groups in total. The molecule has 0 unspecified atom stereocenters. The molecule has 0 spiro atoms. The molecule has 2 aliphatic heterocycles. The van der Waals surface area contributed by atoms with E-state index in [9.17, 15) is 4.79 Å². The summed E-state index contributed by atoms with van der Waals surface area (Å²) >= 11 is 7.98. The van der Waals surface area contributed by atoms with Gasteiger partial charge >= 0.3 is 6.03 Å². The van der Waals surface area contributed by atoms with Gasteiger partial charge in [-0.2, -0.15) is 0 Å². The van der Waals surface area contributed by atoms with Crippen LogP contribution in [0.2, 0.25) is 5.02 Å². The van der Waals surface area contributed by atoms with Crippen LogP contribution in [0.25, 0.3) is 0 Å². The maximum absolute atomic E-state index is 13.7. The minimum absolute atomic E-state index is 0.202. The Morgan fingerprint density at radius 3 is 2.65 bits per heavy atom. The maximum Gasteiger partial charge on any atom is 0.330 e. The van der Waals surface area contributed by atoms with Crippen LogP contribution in [0.5, 0.6) is 0 Å². The quantitative estimate of drug-likeness (QED) is 0.330. The summed E-state index contributed by atoms with van der Waals surface area (Å²) in [4.78, 5) is 26.4. The predicted molar refractivity (Wildman–Crippen MR) is 133 cm³/mol. The Balaban J connectivity index is 1.45. The van der Waals surface area contributed by atoms with Crippen molar-refractivity contribution in [3.05, 3.63) is 76.9 Å². The first-order chi connectivity index (χ1) is 16.4. The van der Waals surface area contributed by atoms with Crippen LogP contribution in [0, 0.1) is 0 Å². The van der Waals surface area contributed by atoms with Gasteiger partial charge in [-0.3, -0.25) is 9.80 Å². The molecule has 2 amide bonds. The summed E-state index contributed by atoms with van der Waals surface area (Å²) in [5, 5.41) is 1.13. The molecule has 0 aliphatic carbocycles. The molecule has 2 aliphatic rings. The SMILES string of the molecule is CC1(C)OC[C@@H](CN2C(=O)N(c3ccccc3Cl)Cc3cnc(SCc4ccccc4)nc32)O1. The third kappa shape index (κ3) is 4.90. The molecule has 2 aromatic carbocycles. The fourth-order valence-corrected chi connectivity index (χ4v) is 5.08. The second-order valence-corrected chi connectivity index (χ2v) is 10.0. The van der Waals surface area contributed by atoms with Gasteiger partial charge in [0.05, 0.1) is 30.4 Å². The fraction of sp³-hybridized carbons (Fsp3) is 0.320. The molecule has 0 radical (unpaired) electrons. The number of hydrogen-bond acceptors (Lipinski definition) is 6. The second kappa shape index (κ2) is 9.54. The Labute approximate surface area is 208 Å². The highest BCUT2D eigenvalue weighted by atomic mass is 35.5. The molecule has 5 rings (SSSR count). The lowest BCUT2D eigenvalue weighted by Gasteiger charge is -2.37. The summed E-state index contributed by atoms with van der Waals surface area (Å²) < 4.78 is 11.7. The highest BCUT2D eigenvalue weighted by Crippen LogP contribution is 2.36. The smallest absolute Gasteiger partial charge is 0.330 e. The van der Waals surface area contributed by atoms with E-state index in [4.69, 9.17) is 26.1 Å². The van der Waals surface area contributed by atoms with Crippen molar-refractivity contribution in [2.45, 2.75) is 43.2 Å². The van der Waals surface area contributed by atoms with Crippen molar-refractivity contribution in [2.24, 2.45) is 0 Å². The summed E-state index contributed by atoms with van der Waals surface area (Å²) in [7, 11) is 0. The molecular weight excluding hydrogens is 472 g/mol. The van der Waals surface area contributed by atoms with E-state index in [0.717, 1.165) is 11.3 Å². The number of carbonyl (C=O) groups excluding carboxylic acids is 1. The van der Waals surface area contributed by atoms with Crippen molar-refractivity contribution in [1.29, 1.82) is 0 Å². The predicted octanol–water partition coefficient (Wildman–Crippen LogP) is 5.52. The van der Waals surface area contributed by atoms with E-state index in [1.165, 1.54) is 5.56 Å². The molecule has 176 valence electrons. The molecule has 0 saturated carbocycles. The van der Waals surface area contributed by atoms with Gasteiger partial charge in [0.1, 0.15) is 11.9 Å². The molecule has 3 heterocycles. The van der Waals surface area contributed by atoms with Gasteiger partial charge in [-0.1, -0.05) is 65.8 Å². The molecule has 0 bridgehead atoms. The Morgan fingerprint density at radius 1 is 1.15 bits per heavy atom. The van der Waals surface area contributed by atoms with E-state index in [-0.39, 0.29) is 12.1 Å². The van der Waals surface area contributed by atoms with E-state index in [0.29, 0.717) is 41.4 Å². The number of carbonyl (C=O) groups is 1. The molecule has 9 heteroatoms. The number of urea groups is 1. The van der Waals surface area contributed by atoms with Gasteiger partial charge in [0.25, 0.3) is 0 Å². The van der Waals surface area contributed by atoms with Gasteiger partial charge in [-0.25, -0.2) is 14.8 Å². The van der Waals surface area contributed by atoms with Crippen molar-refractivity contribution >= 4 is 40.9 Å². The summed E-state index contributed by atoms with van der Waals surface area (Å²) in [5.74, 6) is 0.664. The van der Waals surface area contributed by atoms with Gasteiger partial charge in [0.15, 0.2) is 10.9 Å². The number of nitrogens with zero attached hydrogens (tertiary/aromatic N) is 4. The lowest BCUT2D eigenvalue weighted by atomic mass is 10.1. The summed E-state index contributed by atoms with van der Waals surface area (Å²) in [6, 6.07) is 17.3. The number of anilines is 2. The van der Waals surface area contributed by atoms with Gasteiger partial charge in [0.2, 0.25) is 0 Å². The van der Waals surface area contributed by atoms with Crippen LogP contribution in [-0.2, 0) is 21.8 Å². The topological polar surface area (TPSA) is 67.8 Å². The van der Waals surface area contributed by atoms with Crippen LogP contribution in [0.3, 0.4) is 0 Å². The van der Waals surface area contributed by atoms with E-state index in [1.807, 2.05) is 50.2 Å². The largest absolute Gasteiger partial charge is 0.348 e. The number of rotatable bonds is 6. The van der Waals surface area contributed by atoms with Crippen LogP contribution in [0.1, 0.15) is 25.0 Å². The first kappa shape index (κ1) is 23.1. The molecule has 7 nitrogen and oxygen atoms in total. The first-order valence-electron chi connectivity index (χ1n) is 11.1. The zero-order valence-electron chi connectivity index (χ0n) is 19.0. The average molecular weight is 497 g/mol. The second-order valence-electron chi connectivity index (χ2n) is 8.66. The van der Waals surface area contributed by atoms with Crippen LogP contribution in [-0.4, -0.2) is 41.0 Å². The first-order valence-corrected chi connectivity index (χ1v) is 12.4. The van der Waals surface area contributed by atoms with E-state index >= 15 is 0 Å². The van der Waals surface area contributed by atoms with Gasteiger partial charge in [-0.15, -0.1) is 0 Å². The zero-order chi connectivity index (χ0) is 23.7. The van der Waals surface area contributed by atoms with Crippen LogP contribution < -0.4 is 9.80 Å². The molecule has 3 aromatic rings. The Morgan fingerprint density at radius 2 is 1.91 bits per heavy atom. The maximum atomic E-state index is 13.7. The number of amides is 2. The van der Waals surface area contributed by atoms with Crippen molar-refractivity contribution in [2.75, 3.05) is 23.0 Å². The van der Waals surface area contributed by atoms with Crippen LogP contribution in [0.15, 0.2) is 66.0 Å². The monoisotopic (exact) mass is 496 g/mol. The molecule has 1 atom stereocenters. The zero-order valence-corrected chi connectivity index (χ0v) is 20.6. The molecule has 1 aromatic heterocycles. The highest BCUT2D eigenvalue weighted by Gasteiger charge is 2.39. The molecule has 34 heavy (non-hydrogen) atoms. The molecule has 1 saturated heterocycles. The summed E-state index contributed by atoms with van der Waals surface area (Å²) in [6.45, 7) is 4.80. The minimum atomic E-state index is -0.683. The fourth-order valence-electron chi connectivity index (χ4n) is 4.07. The third-order valence-corrected chi connectivity index (χ3v) is 6.93. The van der Waals surface area contributed by atoms with Crippen molar-refractivity contribution in [1.82, 2.24) is 9.97 Å². The third-order valence-electron chi connectivity index (χ3n) is 5.67. The summed E-state index contributed by atoms with van der Waals surface area (Å²) in [5.41, 5.74) is 2.68. The van der Waals surface area contributed by atoms with Crippen molar-refractivity contribution in [3.63, 3.8) is 0 Å². The molecular formula is C25H25ClN4O3S. The van der Waals surface area contributed by atoms with E-state index in [2.05, 4.69) is 17.1 Å². The molecule has 1 fully saturated rings. The Hall–Kier alpha value is -2.65. The number of para-hydroxylation sites is 1. The number of halogens is 1. The Kier molecular flexibility index (Phi) is 6.48. The van der Waals surface area contributed by atoms with Gasteiger partial charge in [-0.05, 0) is 31.5 Å². The average Bonchev–Trinajstić information content (AvgIpc) is 3.18. The van der Waals surface area contributed by atoms with E-state index in [1.54, 1.807) is 33.8 Å². The summed E-state index contributed by atoms with van der Waals surface area (Å²) in [6.07, 6.45) is 1.53. The number of hydrogen-bond donors (Lipinski definition) is 0. The lowest BCUT2D eigenvalue weighted by Crippen LogP contribution is -2.51. The normalized spacial score (nSPS) is 19.4. The van der Waals surface area contributed by atoms with Gasteiger partial charge in [0, 0.05) is 17.5 Å². The number of ether oxygens (including phenoxy) is 2. The number of fused-ring (bicyclic) bond motifs is 1. The minimum Gasteiger partial charge on any atom is -0.348 e. The number of benzene rings is 2. The van der Waals surface area contributed by atoms with Gasteiger partial charge < -0.3 is 9.47 Å². The van der Waals surface area contributed by atoms with Crippen molar-refractivity contribution in [3.8, 4) is 0 Å². The van der Waals surface area contributed by atoms with Crippen LogP contribution >= 0.6 is 23.4 Å².